The topological polar surface area (TPSA) is 174 Å². The molecule has 0 aliphatic carbocycles. The van der Waals surface area contributed by atoms with Crippen LogP contribution in [0.5, 0.6) is 0 Å². The van der Waals surface area contributed by atoms with Crippen LogP contribution in [0.3, 0.4) is 0 Å². The second kappa shape index (κ2) is 9.43. The fourth-order valence-electron chi connectivity index (χ4n) is 4.42. The number of hydroxylamine groups is 1. The van der Waals surface area contributed by atoms with Gasteiger partial charge in [-0.2, -0.15) is 5.48 Å². The lowest BCUT2D eigenvalue weighted by Gasteiger charge is -2.31. The van der Waals surface area contributed by atoms with E-state index in [0.717, 1.165) is 24.9 Å². The number of nitrogens with two attached hydrogens (primary N) is 1. The van der Waals surface area contributed by atoms with Gasteiger partial charge in [0.25, 0.3) is 0 Å². The van der Waals surface area contributed by atoms with E-state index in [1.807, 2.05) is 5.48 Å². The lowest BCUT2D eigenvalue weighted by Crippen LogP contribution is -2.57. The Bertz CT molecular complexity index is 1020. The molecule has 2 amide bonds. The van der Waals surface area contributed by atoms with Crippen LogP contribution in [0.4, 0.5) is 5.95 Å². The third-order valence-corrected chi connectivity index (χ3v) is 6.45. The molecule has 5 N–H and O–H groups in total. The van der Waals surface area contributed by atoms with Crippen molar-refractivity contribution >= 4 is 36.2 Å². The lowest BCUT2D eigenvalue weighted by molar-refractivity contribution is -0.127. The van der Waals surface area contributed by atoms with E-state index in [0.29, 0.717) is 18.3 Å². The number of hydrogen-bond acceptors (Lipinski definition) is 11. The number of aromatic nitrogens is 2. The van der Waals surface area contributed by atoms with Gasteiger partial charge in [0.1, 0.15) is 17.9 Å². The average molecular weight is 471 g/mol. The first-order valence-electron chi connectivity index (χ1n) is 11.2. The Morgan fingerprint density at radius 2 is 2.03 bits per heavy atom. The Kier molecular flexibility index (Phi) is 6.57. The molecule has 0 aromatic carbocycles. The van der Waals surface area contributed by atoms with Crippen molar-refractivity contribution in [2.45, 2.75) is 63.4 Å². The van der Waals surface area contributed by atoms with Gasteiger partial charge >= 0.3 is 0 Å². The molecule has 1 saturated heterocycles. The zero-order valence-corrected chi connectivity index (χ0v) is 19.4. The molecule has 34 heavy (non-hydrogen) atoms. The smallest absolute Gasteiger partial charge is 0.248 e. The summed E-state index contributed by atoms with van der Waals surface area (Å²) in [5, 5.41) is 11.9. The fraction of sp³-hybridized carbons (Fsp3) is 0.571. The summed E-state index contributed by atoms with van der Waals surface area (Å²) in [6, 6.07) is -2.13. The van der Waals surface area contributed by atoms with Crippen LogP contribution in [0.1, 0.15) is 45.2 Å². The van der Waals surface area contributed by atoms with Crippen LogP contribution < -0.4 is 21.4 Å². The molecule has 13 nitrogen and oxygen atoms in total. The van der Waals surface area contributed by atoms with Gasteiger partial charge in [0.05, 0.1) is 25.1 Å². The number of rotatable bonds is 6. The van der Waals surface area contributed by atoms with E-state index in [1.165, 1.54) is 17.5 Å². The maximum Gasteiger partial charge on any atom is 0.248 e. The van der Waals surface area contributed by atoms with Crippen molar-refractivity contribution in [2.24, 2.45) is 20.7 Å². The number of primary amides is 1. The monoisotopic (exact) mass is 470 g/mol. The number of nitrogens with zero attached hydrogens (tertiary/aromatic N) is 7. The molecule has 13 heteroatoms. The highest BCUT2D eigenvalue weighted by molar-refractivity contribution is 6.33. The Balaban J connectivity index is 1.42. The summed E-state index contributed by atoms with van der Waals surface area (Å²) >= 11 is 0. The zero-order chi connectivity index (χ0) is 24.5. The van der Waals surface area contributed by atoms with Crippen LogP contribution >= 0.6 is 0 Å². The summed E-state index contributed by atoms with van der Waals surface area (Å²) in [5.41, 5.74) is 8.17. The van der Waals surface area contributed by atoms with E-state index in [9.17, 15) is 14.8 Å². The standard InChI is InChI=1S/C21H30N10O3/c1-12(30-11-26-18(29-34)16(30)17(22)32)19(33)28-15-10-23-9-14(27-15)13-7-24-20(25-8-13)31-6-4-5-21(31,2)3/h7-8,10-12,14,16,18,29,34H,4-6,9H2,1-3H3,(H2,22,32)(H,27,28,33)/t12-,14?,16?,18?/m0/s1. The molecule has 1 aromatic heterocycles. The molecule has 4 rings (SSSR count). The predicted octanol–water partition coefficient (Wildman–Crippen LogP) is -0.613. The van der Waals surface area contributed by atoms with Crippen molar-refractivity contribution < 1.29 is 14.8 Å². The summed E-state index contributed by atoms with van der Waals surface area (Å²) < 4.78 is 0. The summed E-state index contributed by atoms with van der Waals surface area (Å²) in [5.74, 6) is -0.156. The molecule has 1 fully saturated rings. The van der Waals surface area contributed by atoms with Gasteiger partial charge in [0.2, 0.25) is 17.8 Å². The van der Waals surface area contributed by atoms with E-state index in [2.05, 4.69) is 49.0 Å². The number of amides is 2. The van der Waals surface area contributed by atoms with Crippen LogP contribution in [-0.2, 0) is 9.59 Å². The van der Waals surface area contributed by atoms with Gasteiger partial charge in [0.15, 0.2) is 6.17 Å². The first-order chi connectivity index (χ1) is 16.2. The van der Waals surface area contributed by atoms with Crippen molar-refractivity contribution in [1.29, 1.82) is 0 Å². The number of carbonyl (C=O) groups is 2. The van der Waals surface area contributed by atoms with E-state index in [-0.39, 0.29) is 11.6 Å². The van der Waals surface area contributed by atoms with E-state index in [4.69, 9.17) is 5.73 Å². The summed E-state index contributed by atoms with van der Waals surface area (Å²) in [6.07, 6.45) is 7.59. The molecular formula is C21H30N10O3. The molecule has 0 radical (unpaired) electrons. The average Bonchev–Trinajstić information content (AvgIpc) is 3.41. The van der Waals surface area contributed by atoms with Gasteiger partial charge in [-0.25, -0.2) is 9.97 Å². The third-order valence-electron chi connectivity index (χ3n) is 6.45. The van der Waals surface area contributed by atoms with E-state index < -0.39 is 30.1 Å². The zero-order valence-electron chi connectivity index (χ0n) is 19.4. The van der Waals surface area contributed by atoms with Crippen molar-refractivity contribution in [3.05, 3.63) is 18.0 Å². The van der Waals surface area contributed by atoms with Crippen molar-refractivity contribution in [2.75, 3.05) is 18.0 Å². The quantitative estimate of drug-likeness (QED) is 0.398. The molecule has 0 spiro atoms. The molecule has 0 bridgehead atoms. The van der Waals surface area contributed by atoms with Crippen molar-refractivity contribution in [3.63, 3.8) is 0 Å². The highest BCUT2D eigenvalue weighted by Gasteiger charge is 2.39. The number of aliphatic imine (C=N–C) groups is 3. The van der Waals surface area contributed by atoms with Crippen LogP contribution in [0, 0.1) is 0 Å². The van der Waals surface area contributed by atoms with Crippen LogP contribution in [0.15, 0.2) is 27.4 Å². The van der Waals surface area contributed by atoms with Gasteiger partial charge in [-0.3, -0.25) is 24.6 Å². The second-order valence-corrected chi connectivity index (χ2v) is 9.21. The predicted molar refractivity (Wildman–Crippen MR) is 126 cm³/mol. The first-order valence-corrected chi connectivity index (χ1v) is 11.2. The third kappa shape index (κ3) is 4.61. The maximum absolute atomic E-state index is 12.8. The van der Waals surface area contributed by atoms with E-state index in [1.54, 1.807) is 19.3 Å². The number of hydrogen-bond donors (Lipinski definition) is 4. The van der Waals surface area contributed by atoms with Gasteiger partial charge in [-0.1, -0.05) is 0 Å². The second-order valence-electron chi connectivity index (χ2n) is 9.21. The minimum Gasteiger partial charge on any atom is -0.368 e. The minimum absolute atomic E-state index is 0.0315. The van der Waals surface area contributed by atoms with Gasteiger partial charge < -0.3 is 26.1 Å². The van der Waals surface area contributed by atoms with Crippen LogP contribution in [0.25, 0.3) is 0 Å². The number of amidine groups is 1. The van der Waals surface area contributed by atoms with Crippen LogP contribution in [0.2, 0.25) is 0 Å². The Morgan fingerprint density at radius 3 is 2.65 bits per heavy atom. The highest BCUT2D eigenvalue weighted by Crippen LogP contribution is 2.31. The Morgan fingerprint density at radius 1 is 1.29 bits per heavy atom. The van der Waals surface area contributed by atoms with Crippen LogP contribution in [-0.4, -0.2) is 87.2 Å². The molecule has 3 aliphatic rings. The van der Waals surface area contributed by atoms with Gasteiger partial charge in [0, 0.05) is 30.0 Å². The molecule has 3 unspecified atom stereocenters. The molecule has 4 atom stereocenters. The Hall–Kier alpha value is -3.45. The fourth-order valence-corrected chi connectivity index (χ4v) is 4.42. The summed E-state index contributed by atoms with van der Waals surface area (Å²) in [7, 11) is 0. The van der Waals surface area contributed by atoms with Crippen molar-refractivity contribution in [3.8, 4) is 0 Å². The maximum atomic E-state index is 12.8. The van der Waals surface area contributed by atoms with Crippen molar-refractivity contribution in [1.82, 2.24) is 25.7 Å². The number of nitrogens with one attached hydrogen (secondary N) is 2. The van der Waals surface area contributed by atoms with Gasteiger partial charge in [-0.05, 0) is 33.6 Å². The number of anilines is 1. The first kappa shape index (κ1) is 23.7. The molecule has 1 aromatic rings. The molecule has 0 saturated carbocycles. The normalized spacial score (nSPS) is 26.5. The van der Waals surface area contributed by atoms with Gasteiger partial charge in [-0.15, -0.1) is 0 Å². The Labute approximate surface area is 197 Å². The number of carbonyl (C=O) groups excluding carboxylic acids is 2. The summed E-state index contributed by atoms with van der Waals surface area (Å²) in [6.45, 7) is 7.32. The largest absolute Gasteiger partial charge is 0.368 e. The molecule has 4 heterocycles. The highest BCUT2D eigenvalue weighted by atomic mass is 16.5. The molecule has 182 valence electrons. The SMILES string of the molecule is C[C@@H](C(=O)NC1=NC(c2cnc(N3CCCC3(C)C)nc2)CN=C1)N1C=NC(NO)C1C(N)=O. The molecular weight excluding hydrogens is 440 g/mol. The summed E-state index contributed by atoms with van der Waals surface area (Å²) in [4.78, 5) is 50.2. The van der Waals surface area contributed by atoms with E-state index >= 15 is 0 Å². The minimum atomic E-state index is -1.00. The molecule has 3 aliphatic heterocycles. The lowest BCUT2D eigenvalue weighted by atomic mass is 10.0.